The summed E-state index contributed by atoms with van der Waals surface area (Å²) in [5.41, 5.74) is 0. The van der Waals surface area contributed by atoms with Crippen LogP contribution >= 0.6 is 0 Å². The second-order valence-corrected chi connectivity index (χ2v) is 5.61. The molecular formula is C12H27BO4. The molecule has 0 rings (SSSR count). The molecule has 0 saturated carbocycles. The third kappa shape index (κ3) is 12.2. The Kier molecular flexibility index (Phi) is 9.83. The maximum absolute atomic E-state index is 5.20. The summed E-state index contributed by atoms with van der Waals surface area (Å²) in [7, 11) is -0.451. The Labute approximate surface area is 106 Å². The molecule has 0 N–H and O–H groups in total. The fourth-order valence-electron chi connectivity index (χ4n) is 0.982. The summed E-state index contributed by atoms with van der Waals surface area (Å²) in [5, 5.41) is 0. The third-order valence-corrected chi connectivity index (χ3v) is 1.82. The monoisotopic (exact) mass is 246 g/mol. The zero-order valence-corrected chi connectivity index (χ0v) is 12.1. The molecule has 0 aromatic rings. The van der Waals surface area contributed by atoms with Crippen molar-refractivity contribution in [2.75, 3.05) is 13.2 Å². The van der Waals surface area contributed by atoms with Crippen LogP contribution in [0.15, 0.2) is 0 Å². The van der Waals surface area contributed by atoms with Crippen LogP contribution in [0, 0.1) is 17.8 Å². The lowest BCUT2D eigenvalue weighted by Crippen LogP contribution is -2.26. The molecule has 0 amide bonds. The van der Waals surface area contributed by atoms with Gasteiger partial charge in [-0.3, -0.25) is 9.61 Å². The quantitative estimate of drug-likeness (QED) is 0.336. The zero-order valence-electron chi connectivity index (χ0n) is 12.1. The Morgan fingerprint density at radius 2 is 1.12 bits per heavy atom. The van der Waals surface area contributed by atoms with E-state index in [9.17, 15) is 0 Å². The predicted octanol–water partition coefficient (Wildman–Crippen LogP) is 3.34. The molecule has 0 fully saturated rings. The van der Waals surface area contributed by atoms with Gasteiger partial charge in [-0.1, -0.05) is 41.5 Å². The van der Waals surface area contributed by atoms with E-state index in [2.05, 4.69) is 41.5 Å². The molecule has 0 saturated heterocycles. The van der Waals surface area contributed by atoms with Crippen LogP contribution < -0.4 is 0 Å². The van der Waals surface area contributed by atoms with Crippen LogP contribution in [0.2, 0.25) is 6.32 Å². The van der Waals surface area contributed by atoms with Crippen LogP contribution in [0.1, 0.15) is 41.5 Å². The Morgan fingerprint density at radius 3 is 1.41 bits per heavy atom. The van der Waals surface area contributed by atoms with Gasteiger partial charge in [0.25, 0.3) is 0 Å². The van der Waals surface area contributed by atoms with Crippen molar-refractivity contribution in [1.82, 2.24) is 0 Å². The van der Waals surface area contributed by atoms with Gasteiger partial charge in [-0.25, -0.2) is 9.78 Å². The van der Waals surface area contributed by atoms with E-state index in [0.717, 1.165) is 6.32 Å². The first kappa shape index (κ1) is 16.9. The average Bonchev–Trinajstić information content (AvgIpc) is 2.15. The molecule has 0 aromatic heterocycles. The van der Waals surface area contributed by atoms with Crippen molar-refractivity contribution < 1.29 is 19.4 Å². The van der Waals surface area contributed by atoms with Gasteiger partial charge in [0.1, 0.15) is 0 Å². The largest absolute Gasteiger partial charge is 0.521 e. The first-order chi connectivity index (χ1) is 7.91. The fraction of sp³-hybridized carbons (Fsp3) is 1.00. The van der Waals surface area contributed by atoms with Crippen LogP contribution in [-0.4, -0.2) is 20.3 Å². The molecule has 0 aliphatic rings. The van der Waals surface area contributed by atoms with E-state index >= 15 is 0 Å². The number of hydrogen-bond acceptors (Lipinski definition) is 4. The molecule has 0 bridgehead atoms. The summed E-state index contributed by atoms with van der Waals surface area (Å²) in [6, 6.07) is 0. The topological polar surface area (TPSA) is 36.9 Å². The summed E-state index contributed by atoms with van der Waals surface area (Å²) < 4.78 is 0. The molecule has 0 aliphatic heterocycles. The summed E-state index contributed by atoms with van der Waals surface area (Å²) >= 11 is 0. The van der Waals surface area contributed by atoms with Gasteiger partial charge in [-0.2, -0.15) is 0 Å². The van der Waals surface area contributed by atoms with Crippen LogP contribution in [0.4, 0.5) is 0 Å². The highest BCUT2D eigenvalue weighted by atomic mass is 17.3. The summed E-state index contributed by atoms with van der Waals surface area (Å²) in [5.74, 6) is 1.34. The van der Waals surface area contributed by atoms with Crippen LogP contribution in [0.5, 0.6) is 0 Å². The highest BCUT2D eigenvalue weighted by molar-refractivity contribution is 6.43. The van der Waals surface area contributed by atoms with E-state index in [1.165, 1.54) is 0 Å². The summed E-state index contributed by atoms with van der Waals surface area (Å²) in [6.45, 7) is 13.6. The number of hydrogen-bond donors (Lipinski definition) is 0. The van der Waals surface area contributed by atoms with E-state index in [4.69, 9.17) is 19.4 Å². The third-order valence-electron chi connectivity index (χ3n) is 1.82. The van der Waals surface area contributed by atoms with Gasteiger partial charge in [-0.15, -0.1) is 0 Å². The molecule has 5 heteroatoms. The lowest BCUT2D eigenvalue weighted by molar-refractivity contribution is -0.288. The standard InChI is InChI=1S/C12H27BO4/c1-10(2)7-13(16-14-8-11(3)4)17-15-9-12(5)6/h10-12H,7-9H2,1-6H3. The molecule has 0 aliphatic carbocycles. The first-order valence-corrected chi connectivity index (χ1v) is 6.48. The van der Waals surface area contributed by atoms with E-state index in [-0.39, 0.29) is 0 Å². The molecule has 0 spiro atoms. The maximum atomic E-state index is 5.20. The molecule has 102 valence electrons. The Morgan fingerprint density at radius 1 is 0.706 bits per heavy atom. The van der Waals surface area contributed by atoms with Crippen molar-refractivity contribution in [2.45, 2.75) is 47.9 Å². The van der Waals surface area contributed by atoms with Gasteiger partial charge in [-0.05, 0) is 24.1 Å². The molecule has 17 heavy (non-hydrogen) atoms. The van der Waals surface area contributed by atoms with Crippen molar-refractivity contribution in [2.24, 2.45) is 17.8 Å². The predicted molar refractivity (Wildman–Crippen MR) is 69.1 cm³/mol. The molecule has 0 aromatic carbocycles. The SMILES string of the molecule is CC(C)COOB(CC(C)C)OOCC(C)C. The smallest absolute Gasteiger partial charge is 0.261 e. The fourth-order valence-corrected chi connectivity index (χ4v) is 0.982. The molecule has 0 atom stereocenters. The zero-order chi connectivity index (χ0) is 13.3. The average molecular weight is 246 g/mol. The Bertz CT molecular complexity index is 160. The Hall–Kier alpha value is -0.0951. The van der Waals surface area contributed by atoms with E-state index in [1.807, 2.05) is 0 Å². The highest BCUT2D eigenvalue weighted by Gasteiger charge is 2.23. The lowest BCUT2D eigenvalue weighted by Gasteiger charge is -2.16. The highest BCUT2D eigenvalue weighted by Crippen LogP contribution is 2.10. The van der Waals surface area contributed by atoms with Crippen molar-refractivity contribution >= 4 is 7.12 Å². The number of rotatable bonds is 10. The Balaban J connectivity index is 3.79. The molecular weight excluding hydrogens is 219 g/mol. The molecule has 4 nitrogen and oxygen atoms in total. The molecule has 0 radical (unpaired) electrons. The van der Waals surface area contributed by atoms with Gasteiger partial charge < -0.3 is 0 Å². The minimum atomic E-state index is -0.451. The van der Waals surface area contributed by atoms with Crippen molar-refractivity contribution in [3.8, 4) is 0 Å². The van der Waals surface area contributed by atoms with Crippen LogP contribution in [0.25, 0.3) is 0 Å². The molecule has 0 heterocycles. The van der Waals surface area contributed by atoms with Crippen molar-refractivity contribution in [1.29, 1.82) is 0 Å². The van der Waals surface area contributed by atoms with Gasteiger partial charge in [0.15, 0.2) is 0 Å². The maximum Gasteiger partial charge on any atom is 0.521 e. The van der Waals surface area contributed by atoms with Crippen molar-refractivity contribution in [3.05, 3.63) is 0 Å². The van der Waals surface area contributed by atoms with Gasteiger partial charge in [0.05, 0.1) is 13.2 Å². The minimum absolute atomic E-state index is 0.436. The minimum Gasteiger partial charge on any atom is -0.261 e. The summed E-state index contributed by atoms with van der Waals surface area (Å²) in [6.07, 6.45) is 0.746. The van der Waals surface area contributed by atoms with E-state index in [0.29, 0.717) is 31.0 Å². The van der Waals surface area contributed by atoms with Gasteiger partial charge >= 0.3 is 7.12 Å². The summed E-state index contributed by atoms with van der Waals surface area (Å²) in [4.78, 5) is 20.6. The van der Waals surface area contributed by atoms with Gasteiger partial charge in [0, 0.05) is 0 Å². The molecule has 0 unspecified atom stereocenters. The second kappa shape index (κ2) is 9.89. The lowest BCUT2D eigenvalue weighted by atomic mass is 9.79. The van der Waals surface area contributed by atoms with E-state index in [1.54, 1.807) is 0 Å². The first-order valence-electron chi connectivity index (χ1n) is 6.48. The normalized spacial score (nSPS) is 11.8. The van der Waals surface area contributed by atoms with Gasteiger partial charge in [0.2, 0.25) is 0 Å². The van der Waals surface area contributed by atoms with Crippen molar-refractivity contribution in [3.63, 3.8) is 0 Å². The second-order valence-electron chi connectivity index (χ2n) is 5.61. The van der Waals surface area contributed by atoms with Crippen LogP contribution in [-0.2, 0) is 19.4 Å². The van der Waals surface area contributed by atoms with E-state index < -0.39 is 7.12 Å². The van der Waals surface area contributed by atoms with Crippen LogP contribution in [0.3, 0.4) is 0 Å².